The third-order valence-electron chi connectivity index (χ3n) is 2.32. The van der Waals surface area contributed by atoms with Gasteiger partial charge >= 0.3 is 0 Å². The van der Waals surface area contributed by atoms with E-state index in [0.717, 1.165) is 11.3 Å². The maximum atomic E-state index is 11.4. The summed E-state index contributed by atoms with van der Waals surface area (Å²) in [5, 5.41) is 5.70. The van der Waals surface area contributed by atoms with E-state index in [4.69, 9.17) is 4.74 Å². The third kappa shape index (κ3) is 3.24. The first kappa shape index (κ1) is 12.5. The van der Waals surface area contributed by atoms with Crippen molar-refractivity contribution in [3.8, 4) is 5.75 Å². The molecule has 0 bridgehead atoms. The minimum atomic E-state index is -0.0583. The van der Waals surface area contributed by atoms with Gasteiger partial charge in [-0.1, -0.05) is 18.2 Å². The van der Waals surface area contributed by atoms with E-state index in [9.17, 15) is 4.79 Å². The number of carbonyl (C=O) groups excluding carboxylic acids is 1. The number of hydrogen-bond acceptors (Lipinski definition) is 3. The molecular formula is C12H18N2O2. The van der Waals surface area contributed by atoms with Crippen LogP contribution in [0.3, 0.4) is 0 Å². The van der Waals surface area contributed by atoms with Crippen LogP contribution in [0.2, 0.25) is 0 Å². The molecule has 2 N–H and O–H groups in total. The van der Waals surface area contributed by atoms with Crippen LogP contribution in [0.15, 0.2) is 24.3 Å². The molecular weight excluding hydrogens is 204 g/mol. The summed E-state index contributed by atoms with van der Waals surface area (Å²) in [4.78, 5) is 11.4. The van der Waals surface area contributed by atoms with Gasteiger partial charge in [0.25, 0.3) is 0 Å². The highest BCUT2D eigenvalue weighted by Crippen LogP contribution is 2.23. The normalized spacial score (nSPS) is 11.9. The van der Waals surface area contributed by atoms with Gasteiger partial charge in [0.1, 0.15) is 5.75 Å². The minimum Gasteiger partial charge on any atom is -0.496 e. The van der Waals surface area contributed by atoms with Gasteiger partial charge in [-0.25, -0.2) is 0 Å². The maximum Gasteiger partial charge on any atom is 0.234 e. The highest BCUT2D eigenvalue weighted by molar-refractivity contribution is 5.78. The van der Waals surface area contributed by atoms with Crippen LogP contribution >= 0.6 is 0 Å². The molecule has 0 aromatic heterocycles. The highest BCUT2D eigenvalue weighted by atomic mass is 16.5. The molecule has 1 atom stereocenters. The van der Waals surface area contributed by atoms with Crippen LogP contribution in [-0.2, 0) is 4.79 Å². The van der Waals surface area contributed by atoms with Crippen LogP contribution < -0.4 is 15.4 Å². The second kappa shape index (κ2) is 6.12. The van der Waals surface area contributed by atoms with Crippen molar-refractivity contribution >= 4 is 5.91 Å². The predicted molar refractivity (Wildman–Crippen MR) is 63.5 cm³/mol. The van der Waals surface area contributed by atoms with Crippen LogP contribution in [0, 0.1) is 0 Å². The molecule has 0 aliphatic heterocycles. The van der Waals surface area contributed by atoms with E-state index < -0.39 is 0 Å². The molecule has 0 saturated heterocycles. The average Bonchev–Trinajstić information content (AvgIpc) is 2.29. The van der Waals surface area contributed by atoms with Crippen molar-refractivity contribution in [2.75, 3.05) is 20.7 Å². The molecule has 16 heavy (non-hydrogen) atoms. The summed E-state index contributed by atoms with van der Waals surface area (Å²) in [7, 11) is 3.37. The number of carbonyl (C=O) groups is 1. The van der Waals surface area contributed by atoms with Crippen molar-refractivity contribution in [1.82, 2.24) is 10.6 Å². The monoisotopic (exact) mass is 222 g/mol. The fourth-order valence-electron chi connectivity index (χ4n) is 1.55. The summed E-state index contributed by atoms with van der Waals surface area (Å²) in [5.74, 6) is 0.765. The van der Waals surface area contributed by atoms with Crippen LogP contribution in [0.4, 0.5) is 0 Å². The summed E-state index contributed by atoms with van der Waals surface area (Å²) in [6.07, 6.45) is 0. The van der Waals surface area contributed by atoms with E-state index in [0.29, 0.717) is 6.54 Å². The predicted octanol–water partition coefficient (Wildman–Crippen LogP) is 1.09. The lowest BCUT2D eigenvalue weighted by molar-refractivity contribution is -0.120. The topological polar surface area (TPSA) is 50.4 Å². The second-order valence-electron chi connectivity index (χ2n) is 3.56. The Kier molecular flexibility index (Phi) is 4.79. The first-order valence-corrected chi connectivity index (χ1v) is 5.26. The van der Waals surface area contributed by atoms with Gasteiger partial charge < -0.3 is 15.4 Å². The molecule has 4 heteroatoms. The number of para-hydroxylation sites is 1. The lowest BCUT2D eigenvalue weighted by Gasteiger charge is -2.17. The Hall–Kier alpha value is -1.55. The zero-order valence-corrected chi connectivity index (χ0v) is 9.91. The molecule has 0 aliphatic rings. The lowest BCUT2D eigenvalue weighted by Crippen LogP contribution is -2.34. The molecule has 1 amide bonds. The highest BCUT2D eigenvalue weighted by Gasteiger charge is 2.12. The van der Waals surface area contributed by atoms with Crippen LogP contribution in [0.5, 0.6) is 5.75 Å². The van der Waals surface area contributed by atoms with Crippen LogP contribution in [-0.4, -0.2) is 26.6 Å². The quantitative estimate of drug-likeness (QED) is 0.784. The summed E-state index contributed by atoms with van der Waals surface area (Å²) in [6, 6.07) is 7.61. The van der Waals surface area contributed by atoms with Gasteiger partial charge in [0, 0.05) is 5.56 Å². The van der Waals surface area contributed by atoms with Gasteiger partial charge in [-0.15, -0.1) is 0 Å². The Morgan fingerprint density at radius 2 is 2.12 bits per heavy atom. The van der Waals surface area contributed by atoms with Crippen LogP contribution in [0.25, 0.3) is 0 Å². The summed E-state index contributed by atoms with van der Waals surface area (Å²) in [6.45, 7) is 2.25. The standard InChI is InChI=1S/C12H18N2O2/c1-9(14-12(15)8-13-2)10-6-4-5-7-11(10)16-3/h4-7,9,13H,8H2,1-3H3,(H,14,15). The van der Waals surface area contributed by atoms with Crippen molar-refractivity contribution in [3.63, 3.8) is 0 Å². The fraction of sp³-hybridized carbons (Fsp3) is 0.417. The van der Waals surface area contributed by atoms with Crippen LogP contribution in [0.1, 0.15) is 18.5 Å². The van der Waals surface area contributed by atoms with Gasteiger partial charge in [0.2, 0.25) is 5.91 Å². The summed E-state index contributed by atoms with van der Waals surface area (Å²) < 4.78 is 5.24. The molecule has 0 heterocycles. The number of hydrogen-bond donors (Lipinski definition) is 2. The van der Waals surface area contributed by atoms with E-state index in [-0.39, 0.29) is 11.9 Å². The first-order valence-electron chi connectivity index (χ1n) is 5.26. The zero-order chi connectivity index (χ0) is 12.0. The van der Waals surface area contributed by atoms with Gasteiger partial charge in [-0.3, -0.25) is 4.79 Å². The molecule has 0 radical (unpaired) electrons. The fourth-order valence-corrected chi connectivity index (χ4v) is 1.55. The molecule has 1 aromatic carbocycles. The summed E-state index contributed by atoms with van der Waals surface area (Å²) in [5.41, 5.74) is 0.981. The van der Waals surface area contributed by atoms with Crippen molar-refractivity contribution in [2.24, 2.45) is 0 Å². The average molecular weight is 222 g/mol. The van der Waals surface area contributed by atoms with Crippen molar-refractivity contribution in [2.45, 2.75) is 13.0 Å². The lowest BCUT2D eigenvalue weighted by atomic mass is 10.1. The number of rotatable bonds is 5. The van der Waals surface area contributed by atoms with Gasteiger partial charge in [-0.05, 0) is 20.0 Å². The number of ether oxygens (including phenoxy) is 1. The molecule has 1 aromatic rings. The van der Waals surface area contributed by atoms with E-state index in [1.807, 2.05) is 31.2 Å². The van der Waals surface area contributed by atoms with Gasteiger partial charge in [-0.2, -0.15) is 0 Å². The second-order valence-corrected chi connectivity index (χ2v) is 3.56. The van der Waals surface area contributed by atoms with E-state index in [1.165, 1.54) is 0 Å². The molecule has 1 unspecified atom stereocenters. The largest absolute Gasteiger partial charge is 0.496 e. The number of methoxy groups -OCH3 is 1. The molecule has 1 rings (SSSR count). The first-order chi connectivity index (χ1) is 7.69. The Bertz CT molecular complexity index is 353. The summed E-state index contributed by atoms with van der Waals surface area (Å²) >= 11 is 0. The van der Waals surface area contributed by atoms with Crippen molar-refractivity contribution < 1.29 is 9.53 Å². The number of amides is 1. The minimum absolute atomic E-state index is 0.0269. The molecule has 0 saturated carbocycles. The van der Waals surface area contributed by atoms with Gasteiger partial charge in [0.15, 0.2) is 0 Å². The molecule has 88 valence electrons. The zero-order valence-electron chi connectivity index (χ0n) is 9.91. The van der Waals surface area contributed by atoms with E-state index in [2.05, 4.69) is 10.6 Å². The number of likely N-dealkylation sites (N-methyl/N-ethyl adjacent to an activating group) is 1. The molecule has 0 aliphatic carbocycles. The number of nitrogens with one attached hydrogen (secondary N) is 2. The molecule has 0 fully saturated rings. The van der Waals surface area contributed by atoms with E-state index >= 15 is 0 Å². The third-order valence-corrected chi connectivity index (χ3v) is 2.32. The van der Waals surface area contributed by atoms with E-state index in [1.54, 1.807) is 14.2 Å². The Labute approximate surface area is 96.0 Å². The molecule has 0 spiro atoms. The Balaban J connectivity index is 2.72. The maximum absolute atomic E-state index is 11.4. The molecule has 4 nitrogen and oxygen atoms in total. The van der Waals surface area contributed by atoms with Gasteiger partial charge in [0.05, 0.1) is 19.7 Å². The van der Waals surface area contributed by atoms with Crippen molar-refractivity contribution in [1.29, 1.82) is 0 Å². The number of benzene rings is 1. The Morgan fingerprint density at radius 3 is 2.75 bits per heavy atom. The van der Waals surface area contributed by atoms with Crippen molar-refractivity contribution in [3.05, 3.63) is 29.8 Å². The smallest absolute Gasteiger partial charge is 0.234 e. The Morgan fingerprint density at radius 1 is 1.44 bits per heavy atom. The SMILES string of the molecule is CNCC(=O)NC(C)c1ccccc1OC.